The highest BCUT2D eigenvalue weighted by Gasteiger charge is 2.14. The van der Waals surface area contributed by atoms with E-state index in [0.29, 0.717) is 5.75 Å². The maximum Gasteiger partial charge on any atom is 0.307 e. The molecule has 0 fully saturated rings. The zero-order chi connectivity index (χ0) is 12.1. The molecule has 0 aliphatic carbocycles. The summed E-state index contributed by atoms with van der Waals surface area (Å²) in [6.45, 7) is 3.48. The Bertz CT molecular complexity index is 406. The van der Waals surface area contributed by atoms with Gasteiger partial charge < -0.3 is 5.11 Å². The lowest BCUT2D eigenvalue weighted by atomic mass is 10.2. The van der Waals surface area contributed by atoms with Crippen molar-refractivity contribution >= 4 is 16.8 Å². The molecule has 1 aromatic heterocycles. The smallest absolute Gasteiger partial charge is 0.307 e. The van der Waals surface area contributed by atoms with Crippen LogP contribution in [0.5, 0.6) is 0 Å². The summed E-state index contributed by atoms with van der Waals surface area (Å²) in [7, 11) is -1.15. The number of carboxylic acid groups (broad SMARTS) is 1. The molecule has 0 aliphatic rings. The van der Waals surface area contributed by atoms with E-state index in [1.54, 1.807) is 19.3 Å². The van der Waals surface area contributed by atoms with Gasteiger partial charge in [0.1, 0.15) is 0 Å². The van der Waals surface area contributed by atoms with Crippen LogP contribution in [0.1, 0.15) is 18.1 Å². The fourth-order valence-electron chi connectivity index (χ4n) is 1.29. The van der Waals surface area contributed by atoms with E-state index in [1.807, 2.05) is 13.0 Å². The van der Waals surface area contributed by atoms with Crippen LogP contribution in [0.4, 0.5) is 0 Å². The van der Waals surface area contributed by atoms with E-state index in [1.165, 1.54) is 0 Å². The highest BCUT2D eigenvalue weighted by Crippen LogP contribution is 2.07. The molecule has 0 saturated heterocycles. The number of aromatic nitrogens is 1. The van der Waals surface area contributed by atoms with Gasteiger partial charge in [-0.05, 0) is 18.1 Å². The summed E-state index contributed by atoms with van der Waals surface area (Å²) >= 11 is 0. The molecule has 88 valence electrons. The molecule has 16 heavy (non-hydrogen) atoms. The van der Waals surface area contributed by atoms with E-state index < -0.39 is 22.7 Å². The third-order valence-electron chi connectivity index (χ3n) is 2.12. The third kappa shape index (κ3) is 4.10. The van der Waals surface area contributed by atoms with Crippen molar-refractivity contribution in [2.24, 2.45) is 5.92 Å². The maximum absolute atomic E-state index is 11.7. The lowest BCUT2D eigenvalue weighted by Crippen LogP contribution is -2.18. The van der Waals surface area contributed by atoms with Crippen LogP contribution in [-0.4, -0.2) is 26.0 Å². The summed E-state index contributed by atoms with van der Waals surface area (Å²) in [4.78, 5) is 14.6. The van der Waals surface area contributed by atoms with Crippen LogP contribution in [-0.2, 0) is 21.3 Å². The minimum Gasteiger partial charge on any atom is -0.481 e. The van der Waals surface area contributed by atoms with Crippen LogP contribution in [0.25, 0.3) is 0 Å². The van der Waals surface area contributed by atoms with E-state index in [2.05, 4.69) is 4.98 Å². The third-order valence-corrected chi connectivity index (χ3v) is 3.64. The molecule has 4 nitrogen and oxygen atoms in total. The molecule has 0 bridgehead atoms. The number of hydrogen-bond acceptors (Lipinski definition) is 3. The quantitative estimate of drug-likeness (QED) is 0.845. The molecule has 1 N–H and O–H groups in total. The summed E-state index contributed by atoms with van der Waals surface area (Å²) in [5.74, 6) is -0.926. The van der Waals surface area contributed by atoms with Gasteiger partial charge in [0.15, 0.2) is 0 Å². The number of carbonyl (C=O) groups is 1. The molecule has 2 atom stereocenters. The number of aryl methyl sites for hydroxylation is 1. The van der Waals surface area contributed by atoms with Gasteiger partial charge in [-0.3, -0.25) is 14.0 Å². The molecule has 1 aromatic rings. The normalized spacial score (nSPS) is 14.4. The summed E-state index contributed by atoms with van der Waals surface area (Å²) in [5.41, 5.74) is 1.90. The zero-order valence-electron chi connectivity index (χ0n) is 9.34. The van der Waals surface area contributed by atoms with Crippen molar-refractivity contribution in [3.63, 3.8) is 0 Å². The molecule has 0 saturated carbocycles. The summed E-state index contributed by atoms with van der Waals surface area (Å²) in [6.07, 6.45) is 3.39. The highest BCUT2D eigenvalue weighted by atomic mass is 32.2. The maximum atomic E-state index is 11.7. The van der Waals surface area contributed by atoms with E-state index >= 15 is 0 Å². The Labute approximate surface area is 97.2 Å². The SMILES string of the molecule is Cc1cncc(CS(=O)CC(C)C(=O)O)c1. The van der Waals surface area contributed by atoms with E-state index in [-0.39, 0.29) is 5.75 Å². The number of hydrogen-bond donors (Lipinski definition) is 1. The fraction of sp³-hybridized carbons (Fsp3) is 0.455. The monoisotopic (exact) mass is 241 g/mol. The van der Waals surface area contributed by atoms with Crippen LogP contribution < -0.4 is 0 Å². The molecule has 5 heteroatoms. The lowest BCUT2D eigenvalue weighted by molar-refractivity contribution is -0.140. The van der Waals surface area contributed by atoms with Gasteiger partial charge >= 0.3 is 5.97 Å². The van der Waals surface area contributed by atoms with Crippen molar-refractivity contribution < 1.29 is 14.1 Å². The molecular weight excluding hydrogens is 226 g/mol. The van der Waals surface area contributed by atoms with Crippen LogP contribution in [0.2, 0.25) is 0 Å². The first-order chi connectivity index (χ1) is 7.49. The minimum atomic E-state index is -1.15. The molecule has 1 heterocycles. The Balaban J connectivity index is 2.55. The van der Waals surface area contributed by atoms with E-state index in [0.717, 1.165) is 11.1 Å². The second-order valence-electron chi connectivity index (χ2n) is 3.86. The van der Waals surface area contributed by atoms with E-state index in [4.69, 9.17) is 5.11 Å². The van der Waals surface area contributed by atoms with Gasteiger partial charge in [-0.15, -0.1) is 0 Å². The second-order valence-corrected chi connectivity index (χ2v) is 5.36. The largest absolute Gasteiger partial charge is 0.481 e. The average molecular weight is 241 g/mol. The van der Waals surface area contributed by atoms with Gasteiger partial charge in [0.2, 0.25) is 0 Å². The fourth-order valence-corrected chi connectivity index (χ4v) is 2.64. The molecule has 0 amide bonds. The Kier molecular flexibility index (Phi) is 4.61. The van der Waals surface area contributed by atoms with Crippen LogP contribution in [0.15, 0.2) is 18.5 Å². The Morgan fingerprint density at radius 1 is 1.56 bits per heavy atom. The van der Waals surface area contributed by atoms with Gasteiger partial charge in [-0.25, -0.2) is 0 Å². The van der Waals surface area contributed by atoms with Gasteiger partial charge in [0.05, 0.1) is 11.7 Å². The van der Waals surface area contributed by atoms with Crippen molar-refractivity contribution in [2.75, 3.05) is 5.75 Å². The van der Waals surface area contributed by atoms with Gasteiger partial charge in [-0.1, -0.05) is 13.0 Å². The van der Waals surface area contributed by atoms with Crippen LogP contribution >= 0.6 is 0 Å². The van der Waals surface area contributed by atoms with Crippen molar-refractivity contribution in [3.8, 4) is 0 Å². The minimum absolute atomic E-state index is 0.184. The number of aliphatic carboxylic acids is 1. The second kappa shape index (κ2) is 5.75. The van der Waals surface area contributed by atoms with Gasteiger partial charge in [0, 0.05) is 28.9 Å². The Morgan fingerprint density at radius 2 is 2.25 bits per heavy atom. The molecule has 0 radical (unpaired) electrons. The summed E-state index contributed by atoms with van der Waals surface area (Å²) in [5, 5.41) is 8.69. The number of pyridine rings is 1. The number of nitrogens with zero attached hydrogens (tertiary/aromatic N) is 1. The van der Waals surface area contributed by atoms with Crippen molar-refractivity contribution in [1.29, 1.82) is 0 Å². The standard InChI is InChI=1S/C11H15NO3S/c1-8-3-10(5-12-4-8)7-16(15)6-9(2)11(13)14/h3-5,9H,6-7H2,1-2H3,(H,13,14). The molecule has 1 rings (SSSR count). The first-order valence-corrected chi connectivity index (χ1v) is 6.46. The summed E-state index contributed by atoms with van der Waals surface area (Å²) < 4.78 is 11.7. The van der Waals surface area contributed by atoms with Gasteiger partial charge in [-0.2, -0.15) is 0 Å². The molecule has 0 aliphatic heterocycles. The molecule has 0 spiro atoms. The predicted molar refractivity (Wildman–Crippen MR) is 62.5 cm³/mol. The predicted octanol–water partition coefficient (Wildman–Crippen LogP) is 1.36. The van der Waals surface area contributed by atoms with Crippen LogP contribution in [0, 0.1) is 12.8 Å². The molecule has 0 aromatic carbocycles. The van der Waals surface area contributed by atoms with E-state index in [9.17, 15) is 9.00 Å². The Morgan fingerprint density at radius 3 is 2.81 bits per heavy atom. The molecular formula is C11H15NO3S. The van der Waals surface area contributed by atoms with Crippen molar-refractivity contribution in [1.82, 2.24) is 4.98 Å². The van der Waals surface area contributed by atoms with Gasteiger partial charge in [0.25, 0.3) is 0 Å². The average Bonchev–Trinajstić information content (AvgIpc) is 2.16. The number of carboxylic acids is 1. The zero-order valence-corrected chi connectivity index (χ0v) is 10.2. The van der Waals surface area contributed by atoms with Crippen molar-refractivity contribution in [2.45, 2.75) is 19.6 Å². The summed E-state index contributed by atoms with van der Waals surface area (Å²) in [6, 6.07) is 1.91. The first kappa shape index (κ1) is 12.8. The first-order valence-electron chi connectivity index (χ1n) is 4.97. The number of rotatable bonds is 5. The highest BCUT2D eigenvalue weighted by molar-refractivity contribution is 7.84. The molecule has 2 unspecified atom stereocenters. The Hall–Kier alpha value is -1.23. The topological polar surface area (TPSA) is 67.3 Å². The van der Waals surface area contributed by atoms with Crippen LogP contribution in [0.3, 0.4) is 0 Å². The lowest BCUT2D eigenvalue weighted by Gasteiger charge is -2.06. The van der Waals surface area contributed by atoms with Crippen molar-refractivity contribution in [3.05, 3.63) is 29.6 Å².